The lowest BCUT2D eigenvalue weighted by Gasteiger charge is -2.40. The third kappa shape index (κ3) is 3.86. The summed E-state index contributed by atoms with van der Waals surface area (Å²) in [5, 5.41) is 4.37. The number of methoxy groups -OCH3 is 1. The third-order valence-corrected chi connectivity index (χ3v) is 5.93. The summed E-state index contributed by atoms with van der Waals surface area (Å²) in [6, 6.07) is 12.8. The quantitative estimate of drug-likeness (QED) is 0.589. The Morgan fingerprint density at radius 1 is 1.22 bits per heavy atom. The van der Waals surface area contributed by atoms with Gasteiger partial charge in [0.05, 0.1) is 30.9 Å². The minimum Gasteiger partial charge on any atom is -0.495 e. The summed E-state index contributed by atoms with van der Waals surface area (Å²) in [5.41, 5.74) is 4.91. The molecule has 164 valence electrons. The van der Waals surface area contributed by atoms with Gasteiger partial charge in [0.15, 0.2) is 5.84 Å². The molecule has 32 heavy (non-hydrogen) atoms. The van der Waals surface area contributed by atoms with E-state index in [1.54, 1.807) is 25.6 Å². The van der Waals surface area contributed by atoms with Crippen LogP contribution in [0.25, 0.3) is 11.8 Å². The van der Waals surface area contributed by atoms with E-state index in [-0.39, 0.29) is 11.9 Å². The molecule has 7 heteroatoms. The second-order valence-electron chi connectivity index (χ2n) is 8.10. The first-order valence-electron chi connectivity index (χ1n) is 10.7. The van der Waals surface area contributed by atoms with Gasteiger partial charge in [0.1, 0.15) is 18.2 Å². The molecule has 0 spiro atoms. The lowest BCUT2D eigenvalue weighted by Crippen LogP contribution is -2.44. The number of aromatic nitrogens is 2. The Balaban J connectivity index is 1.46. The Morgan fingerprint density at radius 3 is 2.91 bits per heavy atom. The molecule has 2 aliphatic heterocycles. The third-order valence-electron chi connectivity index (χ3n) is 5.93. The van der Waals surface area contributed by atoms with Gasteiger partial charge >= 0.3 is 0 Å². The van der Waals surface area contributed by atoms with Gasteiger partial charge in [0, 0.05) is 12.7 Å². The summed E-state index contributed by atoms with van der Waals surface area (Å²) < 4.78 is 21.4. The zero-order valence-electron chi connectivity index (χ0n) is 18.2. The van der Waals surface area contributed by atoms with Crippen molar-refractivity contribution in [1.29, 1.82) is 0 Å². The molecule has 0 saturated carbocycles. The van der Waals surface area contributed by atoms with Crippen LogP contribution < -0.4 is 4.74 Å². The number of aryl methyl sites for hydroxylation is 1. The number of rotatable bonds is 4. The molecule has 1 aromatic heterocycles. The highest BCUT2D eigenvalue weighted by Gasteiger charge is 2.33. The van der Waals surface area contributed by atoms with E-state index in [9.17, 15) is 4.39 Å². The molecule has 2 aliphatic rings. The molecule has 6 nitrogen and oxygen atoms in total. The van der Waals surface area contributed by atoms with Gasteiger partial charge < -0.3 is 19.0 Å². The Kier molecular flexibility index (Phi) is 5.39. The summed E-state index contributed by atoms with van der Waals surface area (Å²) in [5.74, 6) is 1.36. The number of nitrogens with zero attached hydrogens (tertiary/aromatic N) is 4. The smallest absolute Gasteiger partial charge is 0.172 e. The molecule has 0 N–H and O–H groups in total. The number of hydrogen-bond donors (Lipinski definition) is 0. The molecule has 0 radical (unpaired) electrons. The van der Waals surface area contributed by atoms with E-state index in [1.165, 1.54) is 6.07 Å². The van der Waals surface area contributed by atoms with Crippen molar-refractivity contribution in [3.8, 4) is 11.4 Å². The standard InChI is InChI=1S/C25H25FN4O2/c1-17-14-29(16-27-17)22-9-8-18(12-24(22)31-2)11-20-6-4-10-30-23(15-32-28-25(20)30)19-5-3-7-21(26)13-19/h3,5,7-9,11-14,16,23H,4,6,10,15H2,1-2H3/t23-/m0/s1. The summed E-state index contributed by atoms with van der Waals surface area (Å²) in [4.78, 5) is 12.1. The molecular formula is C25H25FN4O2. The van der Waals surface area contributed by atoms with E-state index in [4.69, 9.17) is 9.57 Å². The number of ether oxygens (including phenoxy) is 1. The largest absolute Gasteiger partial charge is 0.495 e. The molecule has 0 bridgehead atoms. The Bertz CT molecular complexity index is 1200. The minimum absolute atomic E-state index is 0.0525. The maximum Gasteiger partial charge on any atom is 0.172 e. The van der Waals surface area contributed by atoms with Crippen LogP contribution in [-0.4, -0.2) is 40.5 Å². The minimum atomic E-state index is -0.236. The van der Waals surface area contributed by atoms with Crippen LogP contribution >= 0.6 is 0 Å². The fourth-order valence-corrected chi connectivity index (χ4v) is 4.39. The molecular weight excluding hydrogens is 407 g/mol. The molecule has 3 aromatic rings. The summed E-state index contributed by atoms with van der Waals surface area (Å²) in [6.07, 6.45) is 7.79. The van der Waals surface area contributed by atoms with Gasteiger partial charge in [0.25, 0.3) is 0 Å². The number of imidazole rings is 1. The molecule has 1 fully saturated rings. The van der Waals surface area contributed by atoms with Crippen molar-refractivity contribution in [3.05, 3.63) is 83.2 Å². The van der Waals surface area contributed by atoms with Gasteiger partial charge in [0.2, 0.25) is 0 Å². The van der Waals surface area contributed by atoms with Crippen LogP contribution in [0.5, 0.6) is 5.75 Å². The van der Waals surface area contributed by atoms with Crippen LogP contribution in [0, 0.1) is 12.7 Å². The summed E-state index contributed by atoms with van der Waals surface area (Å²) in [7, 11) is 1.67. The van der Waals surface area contributed by atoms with Crippen molar-refractivity contribution >= 4 is 11.9 Å². The van der Waals surface area contributed by atoms with E-state index in [0.29, 0.717) is 6.61 Å². The molecule has 2 aromatic carbocycles. The topological polar surface area (TPSA) is 51.9 Å². The first kappa shape index (κ1) is 20.3. The number of hydrogen-bond acceptors (Lipinski definition) is 5. The maximum atomic E-state index is 13.8. The average Bonchev–Trinajstić information content (AvgIpc) is 3.25. The highest BCUT2D eigenvalue weighted by atomic mass is 19.1. The van der Waals surface area contributed by atoms with Crippen molar-refractivity contribution in [3.63, 3.8) is 0 Å². The normalized spacial score (nSPS) is 19.3. The Hall–Kier alpha value is -3.61. The highest BCUT2D eigenvalue weighted by Crippen LogP contribution is 2.34. The van der Waals surface area contributed by atoms with E-state index in [1.807, 2.05) is 35.9 Å². The predicted molar refractivity (Wildman–Crippen MR) is 121 cm³/mol. The summed E-state index contributed by atoms with van der Waals surface area (Å²) in [6.45, 7) is 3.23. The van der Waals surface area contributed by atoms with E-state index >= 15 is 0 Å². The number of fused-ring (bicyclic) bond motifs is 1. The predicted octanol–water partition coefficient (Wildman–Crippen LogP) is 4.89. The number of oxime groups is 1. The van der Waals surface area contributed by atoms with Crippen LogP contribution in [0.3, 0.4) is 0 Å². The van der Waals surface area contributed by atoms with Crippen molar-refractivity contribution in [2.75, 3.05) is 20.3 Å². The Labute approximate surface area is 186 Å². The molecule has 0 amide bonds. The van der Waals surface area contributed by atoms with E-state index in [2.05, 4.69) is 27.2 Å². The highest BCUT2D eigenvalue weighted by molar-refractivity contribution is 6.03. The van der Waals surface area contributed by atoms with Gasteiger partial charge in [-0.25, -0.2) is 9.37 Å². The van der Waals surface area contributed by atoms with E-state index < -0.39 is 0 Å². The zero-order valence-corrected chi connectivity index (χ0v) is 18.2. The Morgan fingerprint density at radius 2 is 2.12 bits per heavy atom. The number of amidine groups is 1. The molecule has 0 aliphatic carbocycles. The molecule has 5 rings (SSSR count). The van der Waals surface area contributed by atoms with Crippen molar-refractivity contribution < 1.29 is 14.0 Å². The van der Waals surface area contributed by atoms with Crippen molar-refractivity contribution in [1.82, 2.24) is 14.5 Å². The lowest BCUT2D eigenvalue weighted by atomic mass is 9.96. The fraction of sp³-hybridized carbons (Fsp3) is 0.280. The van der Waals surface area contributed by atoms with Gasteiger partial charge in [-0.2, -0.15) is 0 Å². The van der Waals surface area contributed by atoms with Gasteiger partial charge in [-0.1, -0.05) is 23.4 Å². The average molecular weight is 432 g/mol. The van der Waals surface area contributed by atoms with Gasteiger partial charge in [-0.05, 0) is 66.8 Å². The number of benzene rings is 2. The summed E-state index contributed by atoms with van der Waals surface area (Å²) >= 11 is 0. The van der Waals surface area contributed by atoms with Crippen LogP contribution in [0.4, 0.5) is 4.39 Å². The second kappa shape index (κ2) is 8.49. The lowest BCUT2D eigenvalue weighted by molar-refractivity contribution is 0.0574. The SMILES string of the molecule is COc1cc(C=C2CCCN3C2=NOC[C@H]3c2cccc(F)c2)ccc1-n1cnc(C)c1. The van der Waals surface area contributed by atoms with Crippen LogP contribution in [-0.2, 0) is 4.84 Å². The molecule has 0 unspecified atom stereocenters. The second-order valence-corrected chi connectivity index (χ2v) is 8.10. The van der Waals surface area contributed by atoms with Crippen molar-refractivity contribution in [2.24, 2.45) is 5.16 Å². The first-order chi connectivity index (χ1) is 15.6. The van der Waals surface area contributed by atoms with Crippen LogP contribution in [0.15, 0.2) is 65.7 Å². The number of halogens is 1. The van der Waals surface area contributed by atoms with E-state index in [0.717, 1.165) is 59.1 Å². The van der Waals surface area contributed by atoms with Gasteiger partial charge in [-0.15, -0.1) is 0 Å². The van der Waals surface area contributed by atoms with Crippen molar-refractivity contribution in [2.45, 2.75) is 25.8 Å². The zero-order chi connectivity index (χ0) is 22.1. The monoisotopic (exact) mass is 432 g/mol. The van der Waals surface area contributed by atoms with Crippen LogP contribution in [0.1, 0.15) is 35.7 Å². The molecule has 3 heterocycles. The molecule has 1 saturated heterocycles. The fourth-order valence-electron chi connectivity index (χ4n) is 4.39. The van der Waals surface area contributed by atoms with Crippen LogP contribution in [0.2, 0.25) is 0 Å². The molecule has 1 atom stereocenters. The first-order valence-corrected chi connectivity index (χ1v) is 10.7. The number of piperidine rings is 1. The maximum absolute atomic E-state index is 13.8. The van der Waals surface area contributed by atoms with Gasteiger partial charge in [-0.3, -0.25) is 0 Å².